The van der Waals surface area contributed by atoms with E-state index in [-0.39, 0.29) is 5.78 Å². The minimum absolute atomic E-state index is 0.0228. The summed E-state index contributed by atoms with van der Waals surface area (Å²) in [6.45, 7) is 4.11. The smallest absolute Gasteiger partial charge is 0.193 e. The van der Waals surface area contributed by atoms with E-state index in [1.54, 1.807) is 6.07 Å². The second kappa shape index (κ2) is 5.60. The number of nitrogens with zero attached hydrogens (tertiary/aromatic N) is 1. The van der Waals surface area contributed by atoms with Gasteiger partial charge in [0.1, 0.15) is 0 Å². The monoisotopic (exact) mass is 280 g/mol. The van der Waals surface area contributed by atoms with Gasteiger partial charge in [0.25, 0.3) is 0 Å². The van der Waals surface area contributed by atoms with E-state index in [4.69, 9.17) is 5.73 Å². The summed E-state index contributed by atoms with van der Waals surface area (Å²) in [5.74, 6) is 0.0228. The minimum Gasteiger partial charge on any atom is -0.397 e. The van der Waals surface area contributed by atoms with Crippen LogP contribution < -0.4 is 10.6 Å². The number of carbonyl (C=O) groups is 1. The molecule has 0 aliphatic carbocycles. The summed E-state index contributed by atoms with van der Waals surface area (Å²) in [6.07, 6.45) is 2.42. The lowest BCUT2D eigenvalue weighted by Gasteiger charge is -2.20. The Morgan fingerprint density at radius 3 is 2.24 bits per heavy atom. The number of nitrogen functional groups attached to an aromatic ring is 1. The molecule has 0 aromatic heterocycles. The second-order valence-corrected chi connectivity index (χ2v) is 5.66. The van der Waals surface area contributed by atoms with Crippen LogP contribution in [0.5, 0.6) is 0 Å². The van der Waals surface area contributed by atoms with Gasteiger partial charge in [0, 0.05) is 24.2 Å². The summed E-state index contributed by atoms with van der Waals surface area (Å²) in [5.41, 5.74) is 10.4. The Balaban J connectivity index is 1.87. The fourth-order valence-corrected chi connectivity index (χ4v) is 2.81. The molecule has 3 heteroatoms. The fourth-order valence-electron chi connectivity index (χ4n) is 2.81. The van der Waals surface area contributed by atoms with Gasteiger partial charge in [0.05, 0.1) is 11.4 Å². The number of nitrogens with two attached hydrogens (primary N) is 1. The molecular formula is C18H20N2O. The van der Waals surface area contributed by atoms with E-state index < -0.39 is 0 Å². The molecule has 2 aromatic rings. The lowest BCUT2D eigenvalue weighted by molar-refractivity contribution is 0.103. The molecule has 1 saturated heterocycles. The summed E-state index contributed by atoms with van der Waals surface area (Å²) in [5, 5.41) is 0. The zero-order chi connectivity index (χ0) is 14.8. The molecule has 1 aliphatic heterocycles. The molecule has 2 N–H and O–H groups in total. The molecule has 0 amide bonds. The van der Waals surface area contributed by atoms with E-state index in [2.05, 4.69) is 4.90 Å². The third-order valence-corrected chi connectivity index (χ3v) is 4.05. The Morgan fingerprint density at radius 1 is 1.00 bits per heavy atom. The SMILES string of the molecule is Cc1ccc(C(=O)c2ccc(N3CCCC3)c(N)c2)cc1. The Hall–Kier alpha value is -2.29. The van der Waals surface area contributed by atoms with Crippen molar-refractivity contribution in [1.29, 1.82) is 0 Å². The van der Waals surface area contributed by atoms with Crippen molar-refractivity contribution in [2.75, 3.05) is 23.7 Å². The molecule has 21 heavy (non-hydrogen) atoms. The molecule has 108 valence electrons. The molecule has 0 atom stereocenters. The first kappa shape index (κ1) is 13.7. The van der Waals surface area contributed by atoms with Gasteiger partial charge in [0.15, 0.2) is 5.78 Å². The number of hydrogen-bond donors (Lipinski definition) is 1. The highest BCUT2D eigenvalue weighted by Crippen LogP contribution is 2.28. The summed E-state index contributed by atoms with van der Waals surface area (Å²) in [6, 6.07) is 13.3. The maximum atomic E-state index is 12.5. The van der Waals surface area contributed by atoms with Crippen LogP contribution in [0.2, 0.25) is 0 Å². The second-order valence-electron chi connectivity index (χ2n) is 5.66. The summed E-state index contributed by atoms with van der Waals surface area (Å²) < 4.78 is 0. The predicted octanol–water partition coefficient (Wildman–Crippen LogP) is 3.41. The number of carbonyl (C=O) groups excluding carboxylic acids is 1. The Labute approximate surface area is 125 Å². The molecule has 1 aliphatic rings. The van der Waals surface area contributed by atoms with Crippen LogP contribution in [0.4, 0.5) is 11.4 Å². The maximum absolute atomic E-state index is 12.5. The van der Waals surface area contributed by atoms with Crippen molar-refractivity contribution < 1.29 is 4.79 Å². The quantitative estimate of drug-likeness (QED) is 0.692. The Morgan fingerprint density at radius 2 is 1.62 bits per heavy atom. The molecule has 1 fully saturated rings. The van der Waals surface area contributed by atoms with Gasteiger partial charge >= 0.3 is 0 Å². The molecular weight excluding hydrogens is 260 g/mol. The van der Waals surface area contributed by atoms with Gasteiger partial charge in [-0.2, -0.15) is 0 Å². The van der Waals surface area contributed by atoms with Crippen LogP contribution in [-0.2, 0) is 0 Å². The average Bonchev–Trinajstić information content (AvgIpc) is 3.01. The van der Waals surface area contributed by atoms with Crippen LogP contribution >= 0.6 is 0 Å². The molecule has 0 saturated carbocycles. The first-order valence-corrected chi connectivity index (χ1v) is 7.41. The van der Waals surface area contributed by atoms with Crippen molar-refractivity contribution in [3.63, 3.8) is 0 Å². The Bertz CT molecular complexity index is 655. The van der Waals surface area contributed by atoms with Gasteiger partial charge in [-0.25, -0.2) is 0 Å². The summed E-state index contributed by atoms with van der Waals surface area (Å²) in [7, 11) is 0. The number of hydrogen-bond acceptors (Lipinski definition) is 3. The van der Waals surface area contributed by atoms with E-state index in [1.807, 2.05) is 43.3 Å². The van der Waals surface area contributed by atoms with Gasteiger partial charge in [0.2, 0.25) is 0 Å². The average molecular weight is 280 g/mol. The zero-order valence-corrected chi connectivity index (χ0v) is 12.3. The third kappa shape index (κ3) is 2.77. The molecule has 3 rings (SSSR count). The van der Waals surface area contributed by atoms with E-state index in [0.717, 1.165) is 24.3 Å². The third-order valence-electron chi connectivity index (χ3n) is 4.05. The number of ketones is 1. The van der Waals surface area contributed by atoms with Gasteiger partial charge in [-0.1, -0.05) is 29.8 Å². The largest absolute Gasteiger partial charge is 0.397 e. The lowest BCUT2D eigenvalue weighted by atomic mass is 10.0. The molecule has 2 aromatic carbocycles. The number of benzene rings is 2. The lowest BCUT2D eigenvalue weighted by Crippen LogP contribution is -2.19. The van der Waals surface area contributed by atoms with E-state index in [9.17, 15) is 4.79 Å². The summed E-state index contributed by atoms with van der Waals surface area (Å²) in [4.78, 5) is 14.8. The Kier molecular flexibility index (Phi) is 3.65. The molecule has 0 unspecified atom stereocenters. The molecule has 3 nitrogen and oxygen atoms in total. The number of anilines is 2. The highest BCUT2D eigenvalue weighted by atomic mass is 16.1. The van der Waals surface area contributed by atoms with Crippen molar-refractivity contribution in [3.8, 4) is 0 Å². The van der Waals surface area contributed by atoms with Gasteiger partial charge < -0.3 is 10.6 Å². The minimum atomic E-state index is 0.0228. The van der Waals surface area contributed by atoms with Crippen LogP contribution in [0.25, 0.3) is 0 Å². The van der Waals surface area contributed by atoms with Crippen molar-refractivity contribution in [2.45, 2.75) is 19.8 Å². The summed E-state index contributed by atoms with van der Waals surface area (Å²) >= 11 is 0. The highest BCUT2D eigenvalue weighted by Gasteiger charge is 2.16. The molecule has 0 bridgehead atoms. The van der Waals surface area contributed by atoms with Crippen LogP contribution in [0.3, 0.4) is 0 Å². The van der Waals surface area contributed by atoms with Gasteiger partial charge in [-0.05, 0) is 38.0 Å². The van der Waals surface area contributed by atoms with Crippen LogP contribution in [0.15, 0.2) is 42.5 Å². The van der Waals surface area contributed by atoms with Crippen LogP contribution in [0, 0.1) is 6.92 Å². The van der Waals surface area contributed by atoms with Crippen LogP contribution in [0.1, 0.15) is 34.3 Å². The highest BCUT2D eigenvalue weighted by molar-refractivity contribution is 6.09. The van der Waals surface area contributed by atoms with Crippen molar-refractivity contribution in [3.05, 3.63) is 59.2 Å². The predicted molar refractivity (Wildman–Crippen MR) is 86.9 cm³/mol. The topological polar surface area (TPSA) is 46.3 Å². The van der Waals surface area contributed by atoms with E-state index >= 15 is 0 Å². The first-order chi connectivity index (χ1) is 10.1. The molecule has 0 radical (unpaired) electrons. The molecule has 0 spiro atoms. The van der Waals surface area contributed by atoms with E-state index in [1.165, 1.54) is 12.8 Å². The van der Waals surface area contributed by atoms with Gasteiger partial charge in [-0.15, -0.1) is 0 Å². The fraction of sp³-hybridized carbons (Fsp3) is 0.278. The van der Waals surface area contributed by atoms with Crippen molar-refractivity contribution in [1.82, 2.24) is 0 Å². The van der Waals surface area contributed by atoms with Crippen molar-refractivity contribution in [2.24, 2.45) is 0 Å². The number of rotatable bonds is 3. The zero-order valence-electron chi connectivity index (χ0n) is 12.3. The molecule has 1 heterocycles. The number of aryl methyl sites for hydroxylation is 1. The first-order valence-electron chi connectivity index (χ1n) is 7.41. The van der Waals surface area contributed by atoms with Crippen molar-refractivity contribution >= 4 is 17.2 Å². The maximum Gasteiger partial charge on any atom is 0.193 e. The van der Waals surface area contributed by atoms with Gasteiger partial charge in [-0.3, -0.25) is 4.79 Å². The van der Waals surface area contributed by atoms with Crippen LogP contribution in [-0.4, -0.2) is 18.9 Å². The normalized spacial score (nSPS) is 14.4. The van der Waals surface area contributed by atoms with E-state index in [0.29, 0.717) is 16.8 Å². The standard InChI is InChI=1S/C18H20N2O/c1-13-4-6-14(7-5-13)18(21)15-8-9-17(16(19)12-15)20-10-2-3-11-20/h4-9,12H,2-3,10-11,19H2,1H3.